The lowest BCUT2D eigenvalue weighted by molar-refractivity contribution is 0.0624. The highest BCUT2D eigenvalue weighted by Crippen LogP contribution is 2.25. The standard InChI is InChI=1S/C21H29N3O3/c1-5-26-18-9-7-6-8-17(18)14-23-10-12-24(13-11-23)21(25)19-16(4)22-27-20(19)15(2)3/h6-9,15H,5,10-14H2,1-4H3. The third-order valence-electron chi connectivity index (χ3n) is 4.95. The van der Waals surface area contributed by atoms with Crippen LogP contribution in [0.4, 0.5) is 0 Å². The van der Waals surface area contributed by atoms with E-state index >= 15 is 0 Å². The minimum Gasteiger partial charge on any atom is -0.494 e. The summed E-state index contributed by atoms with van der Waals surface area (Å²) in [6, 6.07) is 8.16. The first-order chi connectivity index (χ1) is 13.0. The molecule has 0 radical (unpaired) electrons. The fourth-order valence-electron chi connectivity index (χ4n) is 3.48. The maximum atomic E-state index is 13.0. The number of carbonyl (C=O) groups excluding carboxylic acids is 1. The normalized spacial score (nSPS) is 15.4. The molecule has 6 heteroatoms. The summed E-state index contributed by atoms with van der Waals surface area (Å²) in [4.78, 5) is 17.3. The van der Waals surface area contributed by atoms with Crippen molar-refractivity contribution in [3.63, 3.8) is 0 Å². The molecule has 3 rings (SSSR count). The summed E-state index contributed by atoms with van der Waals surface area (Å²) in [6.07, 6.45) is 0. The predicted molar refractivity (Wildman–Crippen MR) is 104 cm³/mol. The van der Waals surface area contributed by atoms with E-state index in [0.717, 1.165) is 25.4 Å². The van der Waals surface area contributed by atoms with Crippen LogP contribution in [0.3, 0.4) is 0 Å². The number of aromatic nitrogens is 1. The Morgan fingerprint density at radius 1 is 1.22 bits per heavy atom. The van der Waals surface area contributed by atoms with Crippen molar-refractivity contribution in [3.8, 4) is 5.75 Å². The summed E-state index contributed by atoms with van der Waals surface area (Å²) in [5.74, 6) is 1.80. The van der Waals surface area contributed by atoms with Gasteiger partial charge in [-0.3, -0.25) is 9.69 Å². The molecular formula is C21H29N3O3. The summed E-state index contributed by atoms with van der Waals surface area (Å²) in [6.45, 7) is 12.5. The van der Waals surface area contributed by atoms with Crippen LogP contribution in [-0.4, -0.2) is 53.6 Å². The Hall–Kier alpha value is -2.34. The number of rotatable bonds is 6. The first kappa shape index (κ1) is 19.4. The summed E-state index contributed by atoms with van der Waals surface area (Å²) in [7, 11) is 0. The Balaban J connectivity index is 1.63. The van der Waals surface area contributed by atoms with Crippen molar-refractivity contribution < 1.29 is 14.1 Å². The molecule has 1 saturated heterocycles. The summed E-state index contributed by atoms with van der Waals surface area (Å²) >= 11 is 0. The van der Waals surface area contributed by atoms with E-state index in [1.165, 1.54) is 5.56 Å². The van der Waals surface area contributed by atoms with Crippen molar-refractivity contribution in [3.05, 3.63) is 46.8 Å². The number of carbonyl (C=O) groups is 1. The molecule has 2 aromatic rings. The second kappa shape index (κ2) is 8.57. The van der Waals surface area contributed by atoms with Crippen LogP contribution in [0.2, 0.25) is 0 Å². The minimum absolute atomic E-state index is 0.0341. The van der Waals surface area contributed by atoms with Crippen molar-refractivity contribution in [2.45, 2.75) is 40.2 Å². The van der Waals surface area contributed by atoms with Gasteiger partial charge in [0.05, 0.1) is 12.3 Å². The molecule has 0 atom stereocenters. The highest BCUT2D eigenvalue weighted by molar-refractivity contribution is 5.96. The van der Waals surface area contributed by atoms with E-state index < -0.39 is 0 Å². The zero-order chi connectivity index (χ0) is 19.4. The average molecular weight is 371 g/mol. The Bertz CT molecular complexity index is 777. The molecule has 146 valence electrons. The number of aryl methyl sites for hydroxylation is 1. The van der Waals surface area contributed by atoms with Crippen LogP contribution in [0, 0.1) is 6.92 Å². The molecule has 0 unspecified atom stereocenters. The topological polar surface area (TPSA) is 58.8 Å². The third kappa shape index (κ3) is 4.33. The van der Waals surface area contributed by atoms with E-state index in [4.69, 9.17) is 9.26 Å². The lowest BCUT2D eigenvalue weighted by atomic mass is 10.0. The largest absolute Gasteiger partial charge is 0.494 e. The van der Waals surface area contributed by atoms with Gasteiger partial charge < -0.3 is 14.2 Å². The van der Waals surface area contributed by atoms with Gasteiger partial charge in [0.2, 0.25) is 0 Å². The van der Waals surface area contributed by atoms with Crippen LogP contribution in [0.5, 0.6) is 5.75 Å². The smallest absolute Gasteiger partial charge is 0.259 e. The molecule has 1 aliphatic heterocycles. The van der Waals surface area contributed by atoms with E-state index in [-0.39, 0.29) is 11.8 Å². The van der Waals surface area contributed by atoms with Crippen LogP contribution in [-0.2, 0) is 6.54 Å². The third-order valence-corrected chi connectivity index (χ3v) is 4.95. The first-order valence-corrected chi connectivity index (χ1v) is 9.69. The number of piperazine rings is 1. The number of para-hydroxylation sites is 1. The average Bonchev–Trinajstić information content (AvgIpc) is 3.05. The molecule has 1 aromatic heterocycles. The van der Waals surface area contributed by atoms with Crippen molar-refractivity contribution in [1.82, 2.24) is 15.0 Å². The van der Waals surface area contributed by atoms with E-state index in [9.17, 15) is 4.79 Å². The Kier molecular flexibility index (Phi) is 6.16. The van der Waals surface area contributed by atoms with Gasteiger partial charge in [-0.1, -0.05) is 37.2 Å². The molecule has 27 heavy (non-hydrogen) atoms. The molecule has 0 bridgehead atoms. The fraction of sp³-hybridized carbons (Fsp3) is 0.524. The van der Waals surface area contributed by atoms with Gasteiger partial charge in [0.1, 0.15) is 11.3 Å². The van der Waals surface area contributed by atoms with Crippen molar-refractivity contribution in [1.29, 1.82) is 0 Å². The first-order valence-electron chi connectivity index (χ1n) is 9.69. The highest BCUT2D eigenvalue weighted by Gasteiger charge is 2.29. The predicted octanol–water partition coefficient (Wildman–Crippen LogP) is 3.46. The fourth-order valence-corrected chi connectivity index (χ4v) is 3.48. The van der Waals surface area contributed by atoms with Gasteiger partial charge in [-0.05, 0) is 19.9 Å². The van der Waals surface area contributed by atoms with E-state index in [1.54, 1.807) is 0 Å². The second-order valence-corrected chi connectivity index (χ2v) is 7.27. The highest BCUT2D eigenvalue weighted by atomic mass is 16.5. The van der Waals surface area contributed by atoms with E-state index in [1.807, 2.05) is 50.8 Å². The lowest BCUT2D eigenvalue weighted by Gasteiger charge is -2.35. The summed E-state index contributed by atoms with van der Waals surface area (Å²) in [5, 5.41) is 4.00. The van der Waals surface area contributed by atoms with Crippen molar-refractivity contribution in [2.75, 3.05) is 32.8 Å². The van der Waals surface area contributed by atoms with Crippen molar-refractivity contribution >= 4 is 5.91 Å². The van der Waals surface area contributed by atoms with Gasteiger partial charge in [0.25, 0.3) is 5.91 Å². The number of hydrogen-bond acceptors (Lipinski definition) is 5. The molecule has 0 N–H and O–H groups in total. The number of nitrogens with zero attached hydrogens (tertiary/aromatic N) is 3. The zero-order valence-corrected chi connectivity index (χ0v) is 16.7. The molecular weight excluding hydrogens is 342 g/mol. The molecule has 2 heterocycles. The Labute approximate surface area is 161 Å². The Morgan fingerprint density at radius 3 is 2.59 bits per heavy atom. The van der Waals surface area contributed by atoms with Crippen LogP contribution in [0.1, 0.15) is 54.1 Å². The van der Waals surface area contributed by atoms with Gasteiger partial charge in [-0.15, -0.1) is 0 Å². The molecule has 0 spiro atoms. The van der Waals surface area contributed by atoms with Gasteiger partial charge in [0.15, 0.2) is 5.76 Å². The second-order valence-electron chi connectivity index (χ2n) is 7.27. The number of ether oxygens (including phenoxy) is 1. The van der Waals surface area contributed by atoms with E-state index in [0.29, 0.717) is 36.7 Å². The van der Waals surface area contributed by atoms with Crippen LogP contribution >= 0.6 is 0 Å². The summed E-state index contributed by atoms with van der Waals surface area (Å²) in [5.41, 5.74) is 2.51. The van der Waals surface area contributed by atoms with E-state index in [2.05, 4.69) is 16.1 Å². The SMILES string of the molecule is CCOc1ccccc1CN1CCN(C(=O)c2c(C)noc2C(C)C)CC1. The van der Waals surface area contributed by atoms with Crippen LogP contribution in [0.25, 0.3) is 0 Å². The molecule has 1 fully saturated rings. The Morgan fingerprint density at radius 2 is 1.93 bits per heavy atom. The molecule has 1 amide bonds. The number of amides is 1. The quantitative estimate of drug-likeness (QED) is 0.778. The van der Waals surface area contributed by atoms with Gasteiger partial charge in [0, 0.05) is 44.2 Å². The van der Waals surface area contributed by atoms with Crippen molar-refractivity contribution in [2.24, 2.45) is 0 Å². The van der Waals surface area contributed by atoms with Gasteiger partial charge in [-0.2, -0.15) is 0 Å². The van der Waals surface area contributed by atoms with Crippen LogP contribution < -0.4 is 4.74 Å². The number of hydrogen-bond donors (Lipinski definition) is 0. The monoisotopic (exact) mass is 371 g/mol. The minimum atomic E-state index is 0.0341. The maximum absolute atomic E-state index is 13.0. The zero-order valence-electron chi connectivity index (χ0n) is 16.7. The molecule has 1 aromatic carbocycles. The maximum Gasteiger partial charge on any atom is 0.259 e. The van der Waals surface area contributed by atoms with Gasteiger partial charge in [-0.25, -0.2) is 0 Å². The van der Waals surface area contributed by atoms with Crippen LogP contribution in [0.15, 0.2) is 28.8 Å². The number of benzene rings is 1. The summed E-state index contributed by atoms with van der Waals surface area (Å²) < 4.78 is 11.1. The lowest BCUT2D eigenvalue weighted by Crippen LogP contribution is -2.48. The molecule has 6 nitrogen and oxygen atoms in total. The molecule has 0 aliphatic carbocycles. The van der Waals surface area contributed by atoms with Gasteiger partial charge >= 0.3 is 0 Å². The molecule has 0 saturated carbocycles. The molecule has 1 aliphatic rings.